The Labute approximate surface area is 188 Å². The summed E-state index contributed by atoms with van der Waals surface area (Å²) in [5.74, 6) is 0.598. The number of carbonyl (C=O) groups excluding carboxylic acids is 1. The summed E-state index contributed by atoms with van der Waals surface area (Å²) in [5.41, 5.74) is 1.31. The quantitative estimate of drug-likeness (QED) is 0.325. The second-order valence-electron chi connectivity index (χ2n) is 7.02. The van der Waals surface area contributed by atoms with Crippen molar-refractivity contribution in [1.82, 2.24) is 14.9 Å². The van der Waals surface area contributed by atoms with E-state index in [1.165, 1.54) is 16.3 Å². The average Bonchev–Trinajstić information content (AvgIpc) is 3.28. The predicted molar refractivity (Wildman–Crippen MR) is 123 cm³/mol. The van der Waals surface area contributed by atoms with Crippen LogP contribution in [0.3, 0.4) is 0 Å². The summed E-state index contributed by atoms with van der Waals surface area (Å²) in [6.45, 7) is 2.16. The minimum atomic E-state index is -0.210. The van der Waals surface area contributed by atoms with Crippen LogP contribution in [0.15, 0.2) is 81.3 Å². The molecule has 0 radical (unpaired) electrons. The standard InChI is InChI=1S/C23H20ClN3O3S/c1-15(16-6-3-2-4-7-16)25-21(28)14-31-23-26-20-12-17(24)9-10-19(20)22(29)27(23)13-18-8-5-11-30-18/h2-12,15H,13-14H2,1H3,(H,25,28). The highest BCUT2D eigenvalue weighted by molar-refractivity contribution is 7.99. The molecule has 158 valence electrons. The molecule has 6 nitrogen and oxygen atoms in total. The molecule has 2 aromatic heterocycles. The Morgan fingerprint density at radius 1 is 1.19 bits per heavy atom. The van der Waals surface area contributed by atoms with Crippen molar-refractivity contribution in [1.29, 1.82) is 0 Å². The Morgan fingerprint density at radius 2 is 2.00 bits per heavy atom. The van der Waals surface area contributed by atoms with Crippen LogP contribution in [-0.4, -0.2) is 21.2 Å². The molecule has 4 rings (SSSR count). The van der Waals surface area contributed by atoms with Crippen LogP contribution < -0.4 is 10.9 Å². The van der Waals surface area contributed by atoms with Gasteiger partial charge in [0.1, 0.15) is 5.76 Å². The molecule has 2 heterocycles. The topological polar surface area (TPSA) is 77.1 Å². The number of hydrogen-bond acceptors (Lipinski definition) is 5. The molecular formula is C23H20ClN3O3S. The van der Waals surface area contributed by atoms with E-state index in [-0.39, 0.29) is 29.8 Å². The highest BCUT2D eigenvalue weighted by atomic mass is 35.5. The van der Waals surface area contributed by atoms with Gasteiger partial charge in [0.15, 0.2) is 5.16 Å². The molecule has 1 unspecified atom stereocenters. The first-order valence-corrected chi connectivity index (χ1v) is 11.1. The molecule has 1 amide bonds. The Bertz CT molecular complexity index is 1260. The zero-order valence-electron chi connectivity index (χ0n) is 16.7. The summed E-state index contributed by atoms with van der Waals surface area (Å²) >= 11 is 7.29. The third kappa shape index (κ3) is 5.00. The molecule has 0 saturated heterocycles. The molecule has 0 saturated carbocycles. The van der Waals surface area contributed by atoms with Crippen LogP contribution in [0.2, 0.25) is 5.02 Å². The molecule has 0 aliphatic heterocycles. The molecule has 0 aliphatic rings. The smallest absolute Gasteiger partial charge is 0.262 e. The summed E-state index contributed by atoms with van der Waals surface area (Å²) in [5, 5.41) is 4.36. The van der Waals surface area contributed by atoms with Gasteiger partial charge in [0.05, 0.1) is 35.5 Å². The third-order valence-electron chi connectivity index (χ3n) is 4.79. The first-order valence-electron chi connectivity index (χ1n) is 9.71. The highest BCUT2D eigenvalue weighted by Gasteiger charge is 2.16. The largest absolute Gasteiger partial charge is 0.467 e. The Kier molecular flexibility index (Phi) is 6.44. The molecule has 0 fully saturated rings. The fourth-order valence-electron chi connectivity index (χ4n) is 3.22. The van der Waals surface area contributed by atoms with Crippen molar-refractivity contribution in [3.63, 3.8) is 0 Å². The minimum absolute atomic E-state index is 0.119. The molecule has 0 spiro atoms. The first-order chi connectivity index (χ1) is 15.0. The lowest BCUT2D eigenvalue weighted by molar-refractivity contribution is -0.119. The molecule has 31 heavy (non-hydrogen) atoms. The highest BCUT2D eigenvalue weighted by Crippen LogP contribution is 2.22. The van der Waals surface area contributed by atoms with E-state index in [0.717, 1.165) is 5.56 Å². The van der Waals surface area contributed by atoms with E-state index in [2.05, 4.69) is 10.3 Å². The van der Waals surface area contributed by atoms with Crippen molar-refractivity contribution in [3.05, 3.63) is 93.6 Å². The summed E-state index contributed by atoms with van der Waals surface area (Å²) in [4.78, 5) is 30.3. The monoisotopic (exact) mass is 453 g/mol. The number of amides is 1. The normalized spacial score (nSPS) is 12.1. The SMILES string of the molecule is CC(NC(=O)CSc1nc2cc(Cl)ccc2c(=O)n1Cc1ccco1)c1ccccc1. The van der Waals surface area contributed by atoms with Crippen LogP contribution in [0.4, 0.5) is 0 Å². The van der Waals surface area contributed by atoms with Crippen LogP contribution in [0.5, 0.6) is 0 Å². The molecule has 0 aliphatic carbocycles. The number of nitrogens with one attached hydrogen (secondary N) is 1. The number of hydrogen-bond donors (Lipinski definition) is 1. The molecule has 4 aromatic rings. The fraction of sp³-hybridized carbons (Fsp3) is 0.174. The number of thioether (sulfide) groups is 1. The van der Waals surface area contributed by atoms with Gasteiger partial charge in [0.25, 0.3) is 5.56 Å². The number of benzene rings is 2. The van der Waals surface area contributed by atoms with Gasteiger partial charge >= 0.3 is 0 Å². The number of aromatic nitrogens is 2. The number of halogens is 1. The molecular weight excluding hydrogens is 434 g/mol. The second kappa shape index (κ2) is 9.41. The van der Waals surface area contributed by atoms with Crippen LogP contribution in [-0.2, 0) is 11.3 Å². The van der Waals surface area contributed by atoms with Gasteiger partial charge in [0, 0.05) is 5.02 Å². The van der Waals surface area contributed by atoms with Crippen LogP contribution in [0.1, 0.15) is 24.3 Å². The van der Waals surface area contributed by atoms with E-state index in [4.69, 9.17) is 16.0 Å². The zero-order valence-corrected chi connectivity index (χ0v) is 18.3. The van der Waals surface area contributed by atoms with Crippen LogP contribution in [0.25, 0.3) is 10.9 Å². The van der Waals surface area contributed by atoms with Gasteiger partial charge in [-0.3, -0.25) is 14.2 Å². The number of furan rings is 1. The van der Waals surface area contributed by atoms with E-state index < -0.39 is 0 Å². The van der Waals surface area contributed by atoms with Crippen molar-refractivity contribution in [2.75, 3.05) is 5.75 Å². The van der Waals surface area contributed by atoms with Gasteiger partial charge in [0.2, 0.25) is 5.91 Å². The van der Waals surface area contributed by atoms with Gasteiger partial charge in [-0.1, -0.05) is 53.7 Å². The second-order valence-corrected chi connectivity index (χ2v) is 8.39. The lowest BCUT2D eigenvalue weighted by Gasteiger charge is -2.15. The third-order valence-corrected chi connectivity index (χ3v) is 6.00. The average molecular weight is 454 g/mol. The van der Waals surface area contributed by atoms with E-state index in [0.29, 0.717) is 26.8 Å². The van der Waals surface area contributed by atoms with Crippen molar-refractivity contribution < 1.29 is 9.21 Å². The first kappa shape index (κ1) is 21.2. The molecule has 2 aromatic carbocycles. The Balaban J connectivity index is 1.58. The van der Waals surface area contributed by atoms with Gasteiger partial charge < -0.3 is 9.73 Å². The van der Waals surface area contributed by atoms with Crippen molar-refractivity contribution in [2.24, 2.45) is 0 Å². The van der Waals surface area contributed by atoms with E-state index in [1.807, 2.05) is 37.3 Å². The van der Waals surface area contributed by atoms with Gasteiger partial charge in [-0.2, -0.15) is 0 Å². The van der Waals surface area contributed by atoms with Crippen molar-refractivity contribution in [2.45, 2.75) is 24.7 Å². The lowest BCUT2D eigenvalue weighted by atomic mass is 10.1. The molecule has 8 heteroatoms. The van der Waals surface area contributed by atoms with Crippen LogP contribution in [0, 0.1) is 0 Å². The minimum Gasteiger partial charge on any atom is -0.467 e. The van der Waals surface area contributed by atoms with Gasteiger partial charge in [-0.05, 0) is 42.8 Å². The molecule has 1 atom stereocenters. The summed E-state index contributed by atoms with van der Waals surface area (Å²) in [7, 11) is 0. The van der Waals surface area contributed by atoms with E-state index in [9.17, 15) is 9.59 Å². The molecule has 0 bridgehead atoms. The Morgan fingerprint density at radius 3 is 2.74 bits per heavy atom. The summed E-state index contributed by atoms with van der Waals surface area (Å²) in [6, 6.07) is 18.1. The number of carbonyl (C=O) groups is 1. The molecule has 1 N–H and O–H groups in total. The lowest BCUT2D eigenvalue weighted by Crippen LogP contribution is -2.29. The maximum absolute atomic E-state index is 13.1. The van der Waals surface area contributed by atoms with Gasteiger partial charge in [-0.15, -0.1) is 0 Å². The fourth-order valence-corrected chi connectivity index (χ4v) is 4.20. The predicted octanol–water partition coefficient (Wildman–Crippen LogP) is 4.66. The summed E-state index contributed by atoms with van der Waals surface area (Å²) < 4.78 is 6.93. The van der Waals surface area contributed by atoms with E-state index in [1.54, 1.807) is 36.6 Å². The van der Waals surface area contributed by atoms with Crippen LogP contribution >= 0.6 is 23.4 Å². The van der Waals surface area contributed by atoms with Gasteiger partial charge in [-0.25, -0.2) is 4.98 Å². The zero-order chi connectivity index (χ0) is 21.8. The number of fused-ring (bicyclic) bond motifs is 1. The van der Waals surface area contributed by atoms with Crippen molar-refractivity contribution in [3.8, 4) is 0 Å². The number of rotatable bonds is 7. The van der Waals surface area contributed by atoms with E-state index >= 15 is 0 Å². The summed E-state index contributed by atoms with van der Waals surface area (Å²) in [6.07, 6.45) is 1.56. The number of nitrogens with zero attached hydrogens (tertiary/aromatic N) is 2. The maximum Gasteiger partial charge on any atom is 0.262 e. The maximum atomic E-state index is 13.1. The van der Waals surface area contributed by atoms with Crippen molar-refractivity contribution >= 4 is 40.2 Å². The Hall–Kier alpha value is -3.03.